The smallest absolute Gasteiger partial charge is 0.416 e. The van der Waals surface area contributed by atoms with Gasteiger partial charge in [-0.25, -0.2) is 4.79 Å². The number of hydrazine groups is 1. The number of nitrogens with one attached hydrogen (secondary N) is 2. The Morgan fingerprint density at radius 2 is 1.46 bits per heavy atom. The van der Waals surface area contributed by atoms with Gasteiger partial charge in [-0.05, 0) is 81.8 Å². The molecule has 0 fully saturated rings. The van der Waals surface area contributed by atoms with E-state index in [9.17, 15) is 22.8 Å². The lowest BCUT2D eigenvalue weighted by atomic mass is 10.0. The van der Waals surface area contributed by atoms with Gasteiger partial charge in [-0.2, -0.15) is 13.2 Å². The van der Waals surface area contributed by atoms with E-state index in [4.69, 9.17) is 27.9 Å². The molecule has 0 saturated carbocycles. The molecule has 0 radical (unpaired) electrons. The quantitative estimate of drug-likeness (QED) is 0.171. The summed E-state index contributed by atoms with van der Waals surface area (Å²) in [5.74, 6) is -1.47. The van der Waals surface area contributed by atoms with Crippen LogP contribution in [-0.2, 0) is 10.9 Å². The van der Waals surface area contributed by atoms with Crippen molar-refractivity contribution in [2.24, 2.45) is 0 Å². The van der Waals surface area contributed by atoms with Gasteiger partial charge in [0.25, 0.3) is 5.91 Å². The molecule has 0 bridgehead atoms. The maximum absolute atomic E-state index is 13.7. The molecule has 6 nitrogen and oxygen atoms in total. The summed E-state index contributed by atoms with van der Waals surface area (Å²) in [6.45, 7) is 6.77. The molecule has 0 aliphatic rings. The summed E-state index contributed by atoms with van der Waals surface area (Å²) >= 11 is 12.7. The molecule has 2 N–H and O–H groups in total. The number of nitrogens with zero attached hydrogens (tertiary/aromatic N) is 1. The monoisotopic (exact) mass is 603 g/mol. The van der Waals surface area contributed by atoms with Gasteiger partial charge < -0.3 is 9.30 Å². The van der Waals surface area contributed by atoms with Crippen LogP contribution in [0.4, 0.5) is 18.9 Å². The molecule has 0 unspecified atom stereocenters. The molecule has 1 heterocycles. The molecular formula is C30H26Cl2F3N3O3. The van der Waals surface area contributed by atoms with E-state index in [0.717, 1.165) is 12.1 Å². The molecule has 0 spiro atoms. The highest BCUT2D eigenvalue weighted by molar-refractivity contribution is 6.32. The molecule has 4 rings (SSSR count). The van der Waals surface area contributed by atoms with Crippen LogP contribution in [0, 0.1) is 6.92 Å². The van der Waals surface area contributed by atoms with E-state index in [0.29, 0.717) is 32.7 Å². The SMILES string of the molecule is Cc1c(C(=O)NNc2ccc(C(F)(F)F)cc2)c(C(=O)OC(C)(C)C)c(-c2ccc(Cl)cc2)n1-c1ccccc1Cl. The van der Waals surface area contributed by atoms with Crippen LogP contribution in [0.2, 0.25) is 10.0 Å². The van der Waals surface area contributed by atoms with Gasteiger partial charge >= 0.3 is 12.1 Å². The number of aromatic nitrogens is 1. The second kappa shape index (κ2) is 11.5. The van der Waals surface area contributed by atoms with E-state index in [1.165, 1.54) is 12.1 Å². The predicted octanol–water partition coefficient (Wildman–Crippen LogP) is 8.49. The molecule has 0 atom stereocenters. The molecule has 11 heteroatoms. The molecular weight excluding hydrogens is 578 g/mol. The third-order valence-corrected chi connectivity index (χ3v) is 6.55. The first-order valence-corrected chi connectivity index (χ1v) is 13.2. The first-order chi connectivity index (χ1) is 19.2. The Morgan fingerprint density at radius 1 is 0.854 bits per heavy atom. The van der Waals surface area contributed by atoms with Crippen molar-refractivity contribution in [1.29, 1.82) is 0 Å². The molecule has 214 valence electrons. The van der Waals surface area contributed by atoms with Crippen molar-refractivity contribution in [3.8, 4) is 16.9 Å². The first kappa shape index (κ1) is 30.0. The van der Waals surface area contributed by atoms with E-state index < -0.39 is 29.2 Å². The molecule has 0 aliphatic heterocycles. The summed E-state index contributed by atoms with van der Waals surface area (Å²) < 4.78 is 46.3. The van der Waals surface area contributed by atoms with Crippen LogP contribution < -0.4 is 10.9 Å². The van der Waals surface area contributed by atoms with Crippen LogP contribution in [0.3, 0.4) is 0 Å². The second-order valence-electron chi connectivity index (χ2n) is 10.1. The van der Waals surface area contributed by atoms with Crippen LogP contribution in [0.1, 0.15) is 52.7 Å². The van der Waals surface area contributed by atoms with Gasteiger partial charge in [0, 0.05) is 10.7 Å². The number of halogens is 5. The van der Waals surface area contributed by atoms with Crippen molar-refractivity contribution in [2.75, 3.05) is 5.43 Å². The second-order valence-corrected chi connectivity index (χ2v) is 11.0. The number of amides is 1. The average molecular weight is 604 g/mol. The minimum Gasteiger partial charge on any atom is -0.456 e. The van der Waals surface area contributed by atoms with E-state index in [1.807, 2.05) is 0 Å². The van der Waals surface area contributed by atoms with Crippen LogP contribution in [0.25, 0.3) is 16.9 Å². The molecule has 3 aromatic carbocycles. The lowest BCUT2D eigenvalue weighted by molar-refractivity contribution is -0.137. The highest BCUT2D eigenvalue weighted by Gasteiger charge is 2.34. The third kappa shape index (κ3) is 6.69. The fourth-order valence-corrected chi connectivity index (χ4v) is 4.59. The van der Waals surface area contributed by atoms with Gasteiger partial charge in [0.2, 0.25) is 0 Å². The number of alkyl halides is 3. The Hall–Kier alpha value is -3.95. The molecule has 4 aromatic rings. The van der Waals surface area contributed by atoms with Gasteiger partial charge in [0.15, 0.2) is 0 Å². The molecule has 0 saturated heterocycles. The van der Waals surface area contributed by atoms with E-state index in [2.05, 4.69) is 10.9 Å². The number of ether oxygens (including phenoxy) is 1. The predicted molar refractivity (Wildman–Crippen MR) is 154 cm³/mol. The fraction of sp³-hybridized carbons (Fsp3) is 0.200. The van der Waals surface area contributed by atoms with Crippen molar-refractivity contribution in [3.63, 3.8) is 0 Å². The zero-order valence-corrected chi connectivity index (χ0v) is 24.0. The van der Waals surface area contributed by atoms with Crippen LogP contribution in [-0.4, -0.2) is 22.0 Å². The highest BCUT2D eigenvalue weighted by atomic mass is 35.5. The largest absolute Gasteiger partial charge is 0.456 e. The Kier molecular flexibility index (Phi) is 8.42. The van der Waals surface area contributed by atoms with Crippen molar-refractivity contribution in [3.05, 3.63) is 105 Å². The fourth-order valence-electron chi connectivity index (χ4n) is 4.25. The summed E-state index contributed by atoms with van der Waals surface area (Å²) in [7, 11) is 0. The van der Waals surface area contributed by atoms with Crippen molar-refractivity contribution >= 4 is 40.8 Å². The summed E-state index contributed by atoms with van der Waals surface area (Å²) in [5, 5.41) is 0.838. The number of benzene rings is 3. The Labute approximate surface area is 245 Å². The zero-order chi connectivity index (χ0) is 30.1. The third-order valence-electron chi connectivity index (χ3n) is 5.98. The maximum Gasteiger partial charge on any atom is 0.416 e. The Morgan fingerprint density at radius 3 is 2.02 bits per heavy atom. The number of carbonyl (C=O) groups excluding carboxylic acids is 2. The van der Waals surface area contributed by atoms with Gasteiger partial charge in [-0.3, -0.25) is 15.6 Å². The summed E-state index contributed by atoms with van der Waals surface area (Å²) in [6.07, 6.45) is -4.50. The lowest BCUT2D eigenvalue weighted by Crippen LogP contribution is -2.32. The van der Waals surface area contributed by atoms with Crippen LogP contribution in [0.15, 0.2) is 72.8 Å². The topological polar surface area (TPSA) is 72.4 Å². The number of hydrogen-bond acceptors (Lipinski definition) is 4. The first-order valence-electron chi connectivity index (χ1n) is 12.4. The van der Waals surface area contributed by atoms with Gasteiger partial charge in [0.1, 0.15) is 5.60 Å². The highest BCUT2D eigenvalue weighted by Crippen LogP contribution is 2.38. The zero-order valence-electron chi connectivity index (χ0n) is 22.5. The number of hydrogen-bond donors (Lipinski definition) is 2. The van der Waals surface area contributed by atoms with Crippen molar-refractivity contribution < 1.29 is 27.5 Å². The maximum atomic E-state index is 13.7. The van der Waals surface area contributed by atoms with Crippen molar-refractivity contribution in [1.82, 2.24) is 9.99 Å². The van der Waals surface area contributed by atoms with Gasteiger partial charge in [-0.1, -0.05) is 47.5 Å². The van der Waals surface area contributed by atoms with Crippen LogP contribution in [0.5, 0.6) is 0 Å². The van der Waals surface area contributed by atoms with Gasteiger partial charge in [0.05, 0.1) is 38.8 Å². The van der Waals surface area contributed by atoms with Gasteiger partial charge in [-0.15, -0.1) is 0 Å². The molecule has 1 amide bonds. The summed E-state index contributed by atoms with van der Waals surface area (Å²) in [5.41, 5.74) is 5.35. The number of esters is 1. The van der Waals surface area contributed by atoms with E-state index in [1.54, 1.807) is 80.8 Å². The molecule has 1 aromatic heterocycles. The van der Waals surface area contributed by atoms with Crippen molar-refractivity contribution in [2.45, 2.75) is 39.5 Å². The number of carbonyl (C=O) groups is 2. The summed E-state index contributed by atoms with van der Waals surface area (Å²) in [4.78, 5) is 27.4. The standard InChI is InChI=1S/C30H26Cl2F3N3O3/c1-17-24(27(39)37-36-21-15-11-19(12-16-21)30(33,34)35)25(28(40)41-29(2,3)4)26(18-9-13-20(31)14-10-18)38(17)23-8-6-5-7-22(23)32/h5-16,36H,1-4H3,(H,37,39). The Balaban J connectivity index is 1.88. The van der Waals surface area contributed by atoms with Crippen LogP contribution >= 0.6 is 23.2 Å². The average Bonchev–Trinajstić information content (AvgIpc) is 3.19. The lowest BCUT2D eigenvalue weighted by Gasteiger charge is -2.21. The summed E-state index contributed by atoms with van der Waals surface area (Å²) in [6, 6.07) is 17.8. The number of anilines is 1. The normalized spacial score (nSPS) is 11.7. The molecule has 41 heavy (non-hydrogen) atoms. The molecule has 0 aliphatic carbocycles. The van der Waals surface area contributed by atoms with E-state index in [-0.39, 0.29) is 16.8 Å². The minimum atomic E-state index is -4.50. The Bertz CT molecular complexity index is 1590. The van der Waals surface area contributed by atoms with E-state index >= 15 is 0 Å². The number of para-hydroxylation sites is 1. The minimum absolute atomic E-state index is 0.0106. The number of rotatable bonds is 6.